The Bertz CT molecular complexity index is 566. The lowest BCUT2D eigenvalue weighted by Gasteiger charge is -2.03. The van der Waals surface area contributed by atoms with Gasteiger partial charge < -0.3 is 14.9 Å². The zero-order chi connectivity index (χ0) is 12.4. The summed E-state index contributed by atoms with van der Waals surface area (Å²) in [5.41, 5.74) is 5.66. The number of nitro benzene ring substituents is 1. The van der Waals surface area contributed by atoms with E-state index >= 15 is 0 Å². The average molecular weight is 236 g/mol. The second kappa shape index (κ2) is 4.08. The first kappa shape index (κ1) is 10.9. The number of hydrogen-bond acceptors (Lipinski definition) is 7. The maximum absolute atomic E-state index is 10.6. The Morgan fingerprint density at radius 2 is 2.24 bits per heavy atom. The summed E-state index contributed by atoms with van der Waals surface area (Å²) in [6.07, 6.45) is 0. The highest BCUT2D eigenvalue weighted by atomic mass is 16.6. The van der Waals surface area contributed by atoms with Crippen LogP contribution >= 0.6 is 0 Å². The lowest BCUT2D eigenvalue weighted by molar-refractivity contribution is -0.384. The molecule has 1 heterocycles. The molecule has 0 saturated heterocycles. The molecule has 2 rings (SSSR count). The Morgan fingerprint density at radius 3 is 2.76 bits per heavy atom. The molecule has 0 bridgehead atoms. The van der Waals surface area contributed by atoms with Crippen molar-refractivity contribution < 1.29 is 14.1 Å². The van der Waals surface area contributed by atoms with Crippen molar-refractivity contribution >= 4 is 11.7 Å². The zero-order valence-electron chi connectivity index (χ0n) is 8.78. The van der Waals surface area contributed by atoms with Gasteiger partial charge in [-0.2, -0.15) is 0 Å². The van der Waals surface area contributed by atoms with Crippen LogP contribution in [-0.2, 0) is 0 Å². The van der Waals surface area contributed by atoms with E-state index in [1.165, 1.54) is 25.3 Å². The van der Waals surface area contributed by atoms with E-state index in [4.69, 9.17) is 14.9 Å². The van der Waals surface area contributed by atoms with Gasteiger partial charge in [0.15, 0.2) is 0 Å². The Morgan fingerprint density at radius 1 is 1.47 bits per heavy atom. The number of nitro groups is 1. The predicted molar refractivity (Wildman–Crippen MR) is 57.4 cm³/mol. The van der Waals surface area contributed by atoms with Crippen molar-refractivity contribution in [1.29, 1.82) is 0 Å². The number of aromatic nitrogens is 2. The molecule has 8 nitrogen and oxygen atoms in total. The molecule has 0 saturated carbocycles. The Hall–Kier alpha value is -2.64. The lowest BCUT2D eigenvalue weighted by atomic mass is 10.2. The molecule has 0 aliphatic carbocycles. The van der Waals surface area contributed by atoms with E-state index in [1.807, 2.05) is 0 Å². The van der Waals surface area contributed by atoms with Crippen molar-refractivity contribution in [1.82, 2.24) is 10.2 Å². The van der Waals surface area contributed by atoms with Gasteiger partial charge >= 0.3 is 6.01 Å². The fourth-order valence-electron chi connectivity index (χ4n) is 1.31. The topological polar surface area (TPSA) is 117 Å². The molecule has 17 heavy (non-hydrogen) atoms. The number of ether oxygens (including phenoxy) is 1. The van der Waals surface area contributed by atoms with E-state index < -0.39 is 4.92 Å². The first-order valence-electron chi connectivity index (χ1n) is 4.53. The van der Waals surface area contributed by atoms with E-state index in [-0.39, 0.29) is 23.3 Å². The highest BCUT2D eigenvalue weighted by Gasteiger charge is 2.16. The van der Waals surface area contributed by atoms with Gasteiger partial charge in [-0.25, -0.2) is 0 Å². The van der Waals surface area contributed by atoms with Gasteiger partial charge in [0.2, 0.25) is 0 Å². The van der Waals surface area contributed by atoms with E-state index in [0.29, 0.717) is 5.56 Å². The normalized spacial score (nSPS) is 10.2. The number of nitrogen functional groups attached to an aromatic ring is 1. The molecule has 0 atom stereocenters. The first-order valence-corrected chi connectivity index (χ1v) is 4.53. The molecular formula is C9H8N4O4. The van der Waals surface area contributed by atoms with Crippen LogP contribution in [0.1, 0.15) is 0 Å². The van der Waals surface area contributed by atoms with E-state index in [9.17, 15) is 10.1 Å². The molecule has 0 spiro atoms. The SMILES string of the molecule is COc1cc([N+](=O)[O-])ccc1-c1nnc(N)o1. The van der Waals surface area contributed by atoms with Crippen molar-refractivity contribution in [3.05, 3.63) is 28.3 Å². The highest BCUT2D eigenvalue weighted by Crippen LogP contribution is 2.32. The minimum absolute atomic E-state index is 0.0830. The summed E-state index contributed by atoms with van der Waals surface area (Å²) in [4.78, 5) is 10.1. The number of methoxy groups -OCH3 is 1. The molecule has 88 valence electrons. The third kappa shape index (κ3) is 2.00. The third-order valence-electron chi connectivity index (χ3n) is 2.07. The number of rotatable bonds is 3. The second-order valence-electron chi connectivity index (χ2n) is 3.09. The molecular weight excluding hydrogens is 228 g/mol. The standard InChI is InChI=1S/C9H8N4O4/c1-16-7-4-5(13(14)15)2-3-6(7)8-11-12-9(10)17-8/h2-4H,1H3,(H2,10,12). The summed E-state index contributed by atoms with van der Waals surface area (Å²) in [7, 11) is 1.39. The number of benzene rings is 1. The summed E-state index contributed by atoms with van der Waals surface area (Å²) in [6, 6.07) is 3.97. The minimum Gasteiger partial charge on any atom is -0.496 e. The van der Waals surface area contributed by atoms with Crippen LogP contribution in [0.4, 0.5) is 11.7 Å². The van der Waals surface area contributed by atoms with Gasteiger partial charge in [-0.3, -0.25) is 10.1 Å². The van der Waals surface area contributed by atoms with Crippen LogP contribution in [0.5, 0.6) is 5.75 Å². The van der Waals surface area contributed by atoms with Gasteiger partial charge in [-0.1, -0.05) is 5.10 Å². The van der Waals surface area contributed by atoms with Gasteiger partial charge in [0.05, 0.1) is 23.7 Å². The van der Waals surface area contributed by atoms with Crippen molar-refractivity contribution in [3.8, 4) is 17.2 Å². The molecule has 1 aromatic heterocycles. The van der Waals surface area contributed by atoms with Gasteiger partial charge in [0, 0.05) is 6.07 Å². The van der Waals surface area contributed by atoms with Crippen molar-refractivity contribution in [3.63, 3.8) is 0 Å². The summed E-state index contributed by atoms with van der Waals surface area (Å²) in [6.45, 7) is 0. The second-order valence-corrected chi connectivity index (χ2v) is 3.09. The third-order valence-corrected chi connectivity index (χ3v) is 2.07. The number of nitrogens with zero attached hydrogens (tertiary/aromatic N) is 3. The van der Waals surface area contributed by atoms with Gasteiger partial charge in [-0.05, 0) is 6.07 Å². The van der Waals surface area contributed by atoms with Crippen LogP contribution in [0, 0.1) is 10.1 Å². The molecule has 0 amide bonds. The van der Waals surface area contributed by atoms with Crippen molar-refractivity contribution in [2.75, 3.05) is 12.8 Å². The van der Waals surface area contributed by atoms with Gasteiger partial charge in [0.1, 0.15) is 5.75 Å². The Kier molecular flexibility index (Phi) is 2.61. The molecule has 0 aliphatic rings. The van der Waals surface area contributed by atoms with E-state index in [2.05, 4.69) is 10.2 Å². The molecule has 0 unspecified atom stereocenters. The highest BCUT2D eigenvalue weighted by molar-refractivity contribution is 5.65. The summed E-state index contributed by atoms with van der Waals surface area (Å²) >= 11 is 0. The quantitative estimate of drug-likeness (QED) is 0.628. The maximum atomic E-state index is 10.6. The van der Waals surface area contributed by atoms with Crippen LogP contribution in [-0.4, -0.2) is 22.2 Å². The minimum atomic E-state index is -0.519. The summed E-state index contributed by atoms with van der Waals surface area (Å²) < 4.78 is 10.0. The van der Waals surface area contributed by atoms with Gasteiger partial charge in [-0.15, -0.1) is 5.10 Å². The molecule has 2 aromatic rings. The number of non-ortho nitro benzene ring substituents is 1. The van der Waals surface area contributed by atoms with Gasteiger partial charge in [0.25, 0.3) is 11.6 Å². The monoisotopic (exact) mass is 236 g/mol. The molecule has 8 heteroatoms. The Balaban J connectivity index is 2.51. The average Bonchev–Trinajstić information content (AvgIpc) is 2.74. The Labute approximate surface area is 95.2 Å². The number of anilines is 1. The van der Waals surface area contributed by atoms with Crippen molar-refractivity contribution in [2.24, 2.45) is 0 Å². The summed E-state index contributed by atoms with van der Waals surface area (Å²) in [5, 5.41) is 17.8. The maximum Gasteiger partial charge on any atom is 0.313 e. The zero-order valence-corrected chi connectivity index (χ0v) is 8.78. The largest absolute Gasteiger partial charge is 0.496 e. The fraction of sp³-hybridized carbons (Fsp3) is 0.111. The molecule has 1 aromatic carbocycles. The van der Waals surface area contributed by atoms with Crippen LogP contribution in [0.15, 0.2) is 22.6 Å². The number of nitrogens with two attached hydrogens (primary N) is 1. The van der Waals surface area contributed by atoms with Crippen molar-refractivity contribution in [2.45, 2.75) is 0 Å². The predicted octanol–water partition coefficient (Wildman–Crippen LogP) is 1.24. The van der Waals surface area contributed by atoms with E-state index in [1.54, 1.807) is 0 Å². The first-order chi connectivity index (χ1) is 8.11. The molecule has 0 aliphatic heterocycles. The van der Waals surface area contributed by atoms with Crippen LogP contribution in [0.2, 0.25) is 0 Å². The number of hydrogen-bond donors (Lipinski definition) is 1. The van der Waals surface area contributed by atoms with E-state index in [0.717, 1.165) is 0 Å². The molecule has 0 fully saturated rings. The smallest absolute Gasteiger partial charge is 0.313 e. The lowest BCUT2D eigenvalue weighted by Crippen LogP contribution is -1.92. The molecule has 2 N–H and O–H groups in total. The van der Waals surface area contributed by atoms with Crippen LogP contribution < -0.4 is 10.5 Å². The fourth-order valence-corrected chi connectivity index (χ4v) is 1.31. The van der Waals surface area contributed by atoms with Crippen LogP contribution in [0.3, 0.4) is 0 Å². The molecule has 0 radical (unpaired) electrons. The van der Waals surface area contributed by atoms with Crippen LogP contribution in [0.25, 0.3) is 11.5 Å². The summed E-state index contributed by atoms with van der Waals surface area (Å²) in [5.74, 6) is 0.414.